The Kier molecular flexibility index (Phi) is 4.81. The molecule has 0 bridgehead atoms. The fourth-order valence-electron chi connectivity index (χ4n) is 3.03. The molecule has 0 fully saturated rings. The Morgan fingerprint density at radius 1 is 0.630 bits per heavy atom. The Morgan fingerprint density at radius 3 is 1.48 bits per heavy atom. The van der Waals surface area contributed by atoms with Crippen molar-refractivity contribution in [2.75, 3.05) is 0 Å². The third-order valence-corrected chi connectivity index (χ3v) is 4.30. The highest BCUT2D eigenvalue weighted by molar-refractivity contribution is 5.92. The van der Waals surface area contributed by atoms with Gasteiger partial charge >= 0.3 is 11.9 Å². The number of carboxylic acids is 2. The lowest BCUT2D eigenvalue weighted by atomic mass is 9.83. The number of carboxylic acid groups (broad SMARTS) is 2. The van der Waals surface area contributed by atoms with E-state index >= 15 is 0 Å². The van der Waals surface area contributed by atoms with Crippen LogP contribution in [0.5, 0.6) is 11.5 Å². The normalized spacial score (nSPS) is 10.7. The van der Waals surface area contributed by atoms with E-state index in [0.717, 1.165) is 5.56 Å². The second kappa shape index (κ2) is 7.21. The van der Waals surface area contributed by atoms with Crippen LogP contribution in [0.2, 0.25) is 0 Å². The molecule has 0 radical (unpaired) electrons. The predicted octanol–water partition coefficient (Wildman–Crippen LogP) is 3.67. The van der Waals surface area contributed by atoms with E-state index in [1.165, 1.54) is 24.3 Å². The van der Waals surface area contributed by atoms with Crippen LogP contribution in [0.15, 0.2) is 66.7 Å². The van der Waals surface area contributed by atoms with Crippen LogP contribution < -0.4 is 0 Å². The zero-order valence-electron chi connectivity index (χ0n) is 14.0. The minimum absolute atomic E-state index is 0.245. The molecule has 0 aliphatic heterocycles. The smallest absolute Gasteiger partial charge is 0.339 e. The Morgan fingerprint density at radius 2 is 1.07 bits per heavy atom. The van der Waals surface area contributed by atoms with Gasteiger partial charge < -0.3 is 20.4 Å². The number of phenols is 2. The van der Waals surface area contributed by atoms with Crippen molar-refractivity contribution in [3.8, 4) is 11.5 Å². The molecule has 4 N–H and O–H groups in total. The molecule has 0 atom stereocenters. The van der Waals surface area contributed by atoms with Crippen LogP contribution in [0.1, 0.15) is 43.3 Å². The second-order valence-electron chi connectivity index (χ2n) is 6.01. The first-order valence-electron chi connectivity index (χ1n) is 8.06. The Balaban J connectivity index is 2.23. The molecule has 0 aromatic heterocycles. The van der Waals surface area contributed by atoms with Gasteiger partial charge in [0.2, 0.25) is 0 Å². The standard InChI is InChI=1S/C21H16O6/c22-17-8-6-13(10-15(17)20(24)25)19(12-4-2-1-3-5-12)14-7-9-18(23)16(11-14)21(26)27/h1-11,19,22-23H,(H,24,25)(H,26,27). The van der Waals surface area contributed by atoms with Crippen molar-refractivity contribution in [1.29, 1.82) is 0 Å². The van der Waals surface area contributed by atoms with Gasteiger partial charge in [-0.15, -0.1) is 0 Å². The summed E-state index contributed by atoms with van der Waals surface area (Å²) in [5.74, 6) is -3.72. The molecule has 6 heteroatoms. The van der Waals surface area contributed by atoms with Gasteiger partial charge in [-0.25, -0.2) is 9.59 Å². The highest BCUT2D eigenvalue weighted by Crippen LogP contribution is 2.35. The van der Waals surface area contributed by atoms with E-state index in [1.54, 1.807) is 12.1 Å². The Labute approximate surface area is 154 Å². The summed E-state index contributed by atoms with van der Waals surface area (Å²) in [6.45, 7) is 0. The predicted molar refractivity (Wildman–Crippen MR) is 97.5 cm³/mol. The number of rotatable bonds is 5. The van der Waals surface area contributed by atoms with Gasteiger partial charge in [0.05, 0.1) is 0 Å². The van der Waals surface area contributed by atoms with E-state index in [4.69, 9.17) is 0 Å². The van der Waals surface area contributed by atoms with Crippen LogP contribution in [-0.2, 0) is 0 Å². The number of aromatic hydroxyl groups is 2. The van der Waals surface area contributed by atoms with Gasteiger partial charge in [-0.05, 0) is 41.0 Å². The lowest BCUT2D eigenvalue weighted by molar-refractivity contribution is 0.0682. The average Bonchev–Trinajstić information content (AvgIpc) is 2.65. The fourth-order valence-corrected chi connectivity index (χ4v) is 3.03. The van der Waals surface area contributed by atoms with E-state index in [2.05, 4.69) is 0 Å². The molecule has 0 saturated carbocycles. The summed E-state index contributed by atoms with van der Waals surface area (Å²) < 4.78 is 0. The van der Waals surface area contributed by atoms with Crippen molar-refractivity contribution < 1.29 is 30.0 Å². The highest BCUT2D eigenvalue weighted by Gasteiger charge is 2.22. The molecule has 0 saturated heterocycles. The lowest BCUT2D eigenvalue weighted by Gasteiger charge is -2.20. The van der Waals surface area contributed by atoms with Crippen LogP contribution in [0.3, 0.4) is 0 Å². The molecule has 3 rings (SSSR count). The maximum atomic E-state index is 11.4. The van der Waals surface area contributed by atoms with Crippen LogP contribution >= 0.6 is 0 Å². The van der Waals surface area contributed by atoms with Gasteiger partial charge in [-0.3, -0.25) is 0 Å². The first-order chi connectivity index (χ1) is 12.9. The number of carbonyl (C=O) groups is 2. The molecule has 0 amide bonds. The molecule has 0 unspecified atom stereocenters. The van der Waals surface area contributed by atoms with Gasteiger partial charge in [-0.2, -0.15) is 0 Å². The van der Waals surface area contributed by atoms with E-state index in [-0.39, 0.29) is 22.6 Å². The zero-order valence-corrected chi connectivity index (χ0v) is 14.0. The van der Waals surface area contributed by atoms with E-state index in [9.17, 15) is 30.0 Å². The molecular formula is C21H16O6. The molecule has 136 valence electrons. The zero-order chi connectivity index (χ0) is 19.6. The van der Waals surface area contributed by atoms with Crippen LogP contribution in [0.25, 0.3) is 0 Å². The minimum Gasteiger partial charge on any atom is -0.507 e. The van der Waals surface area contributed by atoms with E-state index in [0.29, 0.717) is 11.1 Å². The van der Waals surface area contributed by atoms with Crippen molar-refractivity contribution in [1.82, 2.24) is 0 Å². The molecule has 0 aliphatic rings. The van der Waals surface area contributed by atoms with Crippen LogP contribution in [-0.4, -0.2) is 32.4 Å². The molecule has 0 aliphatic carbocycles. The number of hydrogen-bond acceptors (Lipinski definition) is 4. The van der Waals surface area contributed by atoms with E-state index < -0.39 is 17.9 Å². The summed E-state index contributed by atoms with van der Waals surface area (Å²) in [7, 11) is 0. The first kappa shape index (κ1) is 18.0. The fraction of sp³-hybridized carbons (Fsp3) is 0.0476. The highest BCUT2D eigenvalue weighted by atomic mass is 16.4. The molecule has 3 aromatic rings. The van der Waals surface area contributed by atoms with Crippen LogP contribution in [0.4, 0.5) is 0 Å². The van der Waals surface area contributed by atoms with Crippen molar-refractivity contribution >= 4 is 11.9 Å². The molecular weight excluding hydrogens is 348 g/mol. The summed E-state index contributed by atoms with van der Waals surface area (Å²) >= 11 is 0. The topological polar surface area (TPSA) is 115 Å². The third-order valence-electron chi connectivity index (χ3n) is 4.30. The quantitative estimate of drug-likeness (QED) is 0.514. The van der Waals surface area contributed by atoms with Crippen molar-refractivity contribution in [2.45, 2.75) is 5.92 Å². The monoisotopic (exact) mass is 364 g/mol. The largest absolute Gasteiger partial charge is 0.507 e. The SMILES string of the molecule is O=C(O)c1cc(C(c2ccccc2)c2ccc(O)c(C(=O)O)c2)ccc1O. The molecule has 6 nitrogen and oxygen atoms in total. The van der Waals surface area contributed by atoms with Crippen molar-refractivity contribution in [3.05, 3.63) is 94.5 Å². The van der Waals surface area contributed by atoms with Gasteiger partial charge in [0.1, 0.15) is 22.6 Å². The molecule has 27 heavy (non-hydrogen) atoms. The summed E-state index contributed by atoms with van der Waals surface area (Å²) in [4.78, 5) is 22.8. The Hall–Kier alpha value is -3.80. The Bertz CT molecular complexity index is 947. The van der Waals surface area contributed by atoms with Crippen molar-refractivity contribution in [3.63, 3.8) is 0 Å². The van der Waals surface area contributed by atoms with Gasteiger partial charge in [0.25, 0.3) is 0 Å². The summed E-state index contributed by atoms with van der Waals surface area (Å²) in [5, 5.41) is 38.2. The molecule has 0 spiro atoms. The third kappa shape index (κ3) is 3.59. The first-order valence-corrected chi connectivity index (χ1v) is 8.06. The van der Waals surface area contributed by atoms with E-state index in [1.807, 2.05) is 30.3 Å². The number of aromatic carboxylic acids is 2. The lowest BCUT2D eigenvalue weighted by Crippen LogP contribution is -2.07. The van der Waals surface area contributed by atoms with Gasteiger partial charge in [0.15, 0.2) is 0 Å². The minimum atomic E-state index is -1.27. The van der Waals surface area contributed by atoms with Gasteiger partial charge in [0, 0.05) is 5.92 Å². The maximum Gasteiger partial charge on any atom is 0.339 e. The second-order valence-corrected chi connectivity index (χ2v) is 6.01. The van der Waals surface area contributed by atoms with Crippen molar-refractivity contribution in [2.24, 2.45) is 0 Å². The number of benzene rings is 3. The number of hydrogen-bond donors (Lipinski definition) is 4. The van der Waals surface area contributed by atoms with Gasteiger partial charge in [-0.1, -0.05) is 42.5 Å². The molecule has 0 heterocycles. The maximum absolute atomic E-state index is 11.4. The molecule has 3 aromatic carbocycles. The van der Waals surface area contributed by atoms with Crippen LogP contribution in [0, 0.1) is 0 Å². The average molecular weight is 364 g/mol. The summed E-state index contributed by atoms with van der Waals surface area (Å²) in [6, 6.07) is 17.7. The summed E-state index contributed by atoms with van der Waals surface area (Å²) in [5.41, 5.74) is 1.45. The summed E-state index contributed by atoms with van der Waals surface area (Å²) in [6.07, 6.45) is 0.